The van der Waals surface area contributed by atoms with Crippen LogP contribution in [0.15, 0.2) is 18.2 Å². The smallest absolute Gasteiger partial charge is 0.337 e. The molecule has 0 bridgehead atoms. The van der Waals surface area contributed by atoms with E-state index in [1.54, 1.807) is 6.92 Å². The third-order valence-corrected chi connectivity index (χ3v) is 1.97. The minimum atomic E-state index is -1.60. The quantitative estimate of drug-likeness (QED) is 0.845. The van der Waals surface area contributed by atoms with Crippen LogP contribution in [0.1, 0.15) is 25.0 Å². The first-order valence-corrected chi connectivity index (χ1v) is 4.86. The lowest BCUT2D eigenvalue weighted by Gasteiger charge is -2.14. The first-order valence-electron chi connectivity index (χ1n) is 4.86. The Labute approximate surface area is 91.7 Å². The summed E-state index contributed by atoms with van der Waals surface area (Å²) in [4.78, 5) is 10.9. The van der Waals surface area contributed by atoms with E-state index in [0.29, 0.717) is 6.42 Å². The number of hydrogen-bond donors (Lipinski definition) is 1. The number of benzene rings is 1. The fraction of sp³-hybridized carbons (Fsp3) is 0.364. The van der Waals surface area contributed by atoms with Gasteiger partial charge in [0.1, 0.15) is 11.6 Å². The standard InChI is InChI=1S/C11H12F2O3/c1-2-6-16-10(11(14)15)9-7(12)4-3-5-8(9)13/h3-5,10H,2,6H2,1H3,(H,14,15). The molecule has 0 amide bonds. The Balaban J connectivity index is 3.05. The van der Waals surface area contributed by atoms with E-state index in [1.807, 2.05) is 0 Å². The lowest BCUT2D eigenvalue weighted by atomic mass is 10.1. The Kier molecular flexibility index (Phi) is 4.37. The van der Waals surface area contributed by atoms with Crippen molar-refractivity contribution in [3.8, 4) is 0 Å². The zero-order valence-corrected chi connectivity index (χ0v) is 8.74. The molecule has 1 aromatic carbocycles. The van der Waals surface area contributed by atoms with E-state index in [1.165, 1.54) is 6.07 Å². The van der Waals surface area contributed by atoms with Gasteiger partial charge in [0.2, 0.25) is 0 Å². The summed E-state index contributed by atoms with van der Waals surface area (Å²) >= 11 is 0. The van der Waals surface area contributed by atoms with E-state index in [2.05, 4.69) is 0 Å². The molecule has 0 aliphatic heterocycles. The Morgan fingerprint density at radius 3 is 2.44 bits per heavy atom. The lowest BCUT2D eigenvalue weighted by molar-refractivity contribution is -0.151. The van der Waals surface area contributed by atoms with Gasteiger partial charge in [0.15, 0.2) is 6.10 Å². The van der Waals surface area contributed by atoms with Crippen LogP contribution in [0.2, 0.25) is 0 Å². The molecule has 0 aliphatic carbocycles. The second-order valence-corrected chi connectivity index (χ2v) is 3.22. The highest BCUT2D eigenvalue weighted by Crippen LogP contribution is 2.24. The van der Waals surface area contributed by atoms with Gasteiger partial charge in [-0.2, -0.15) is 0 Å². The van der Waals surface area contributed by atoms with E-state index >= 15 is 0 Å². The molecular formula is C11H12F2O3. The second-order valence-electron chi connectivity index (χ2n) is 3.22. The molecule has 0 radical (unpaired) electrons. The minimum Gasteiger partial charge on any atom is -0.479 e. The number of rotatable bonds is 5. The summed E-state index contributed by atoms with van der Waals surface area (Å²) in [6.45, 7) is 1.90. The molecule has 1 atom stereocenters. The summed E-state index contributed by atoms with van der Waals surface area (Å²) in [5.41, 5.74) is -0.552. The van der Waals surface area contributed by atoms with E-state index in [0.717, 1.165) is 12.1 Å². The average Bonchev–Trinajstić information content (AvgIpc) is 2.21. The van der Waals surface area contributed by atoms with Crippen LogP contribution >= 0.6 is 0 Å². The third-order valence-electron chi connectivity index (χ3n) is 1.97. The summed E-state index contributed by atoms with van der Waals surface area (Å²) in [5, 5.41) is 8.84. The molecule has 0 fully saturated rings. The van der Waals surface area contributed by atoms with Crippen LogP contribution in [-0.4, -0.2) is 17.7 Å². The SMILES string of the molecule is CCCOC(C(=O)O)c1c(F)cccc1F. The minimum absolute atomic E-state index is 0.130. The van der Waals surface area contributed by atoms with Crippen molar-refractivity contribution in [1.82, 2.24) is 0 Å². The summed E-state index contributed by atoms with van der Waals surface area (Å²) in [5.74, 6) is -3.23. The molecule has 5 heteroatoms. The highest BCUT2D eigenvalue weighted by atomic mass is 19.1. The second kappa shape index (κ2) is 5.55. The topological polar surface area (TPSA) is 46.5 Å². The van der Waals surface area contributed by atoms with Crippen LogP contribution in [0.4, 0.5) is 8.78 Å². The van der Waals surface area contributed by atoms with Crippen molar-refractivity contribution < 1.29 is 23.4 Å². The number of aliphatic carboxylic acids is 1. The van der Waals surface area contributed by atoms with Gasteiger partial charge in [-0.1, -0.05) is 13.0 Å². The molecule has 16 heavy (non-hydrogen) atoms. The lowest BCUT2D eigenvalue weighted by Crippen LogP contribution is -2.18. The molecule has 0 heterocycles. The maximum Gasteiger partial charge on any atom is 0.337 e. The van der Waals surface area contributed by atoms with E-state index in [-0.39, 0.29) is 6.61 Å². The first kappa shape index (κ1) is 12.6. The van der Waals surface area contributed by atoms with Gasteiger partial charge in [0, 0.05) is 6.61 Å². The van der Waals surface area contributed by atoms with Crippen LogP contribution in [0.25, 0.3) is 0 Å². The number of halogens is 2. The molecule has 1 aromatic rings. The fourth-order valence-corrected chi connectivity index (χ4v) is 1.27. The van der Waals surface area contributed by atoms with Crippen LogP contribution in [0.3, 0.4) is 0 Å². The van der Waals surface area contributed by atoms with Crippen molar-refractivity contribution in [2.45, 2.75) is 19.4 Å². The molecule has 1 rings (SSSR count). The van der Waals surface area contributed by atoms with Crippen LogP contribution in [0.5, 0.6) is 0 Å². The molecule has 0 aromatic heterocycles. The molecule has 88 valence electrons. The van der Waals surface area contributed by atoms with Gasteiger partial charge >= 0.3 is 5.97 Å². The van der Waals surface area contributed by atoms with Crippen molar-refractivity contribution in [3.05, 3.63) is 35.4 Å². The van der Waals surface area contributed by atoms with Gasteiger partial charge in [0.05, 0.1) is 5.56 Å². The van der Waals surface area contributed by atoms with Crippen molar-refractivity contribution in [3.63, 3.8) is 0 Å². The third kappa shape index (κ3) is 2.76. The van der Waals surface area contributed by atoms with Gasteiger partial charge in [-0.05, 0) is 18.6 Å². The number of ether oxygens (including phenoxy) is 1. The van der Waals surface area contributed by atoms with Crippen LogP contribution < -0.4 is 0 Å². The van der Waals surface area contributed by atoms with Gasteiger partial charge in [0.25, 0.3) is 0 Å². The number of carbonyl (C=O) groups is 1. The summed E-state index contributed by atoms with van der Waals surface area (Å²) in [6, 6.07) is 3.18. The number of hydrogen-bond acceptors (Lipinski definition) is 2. The maximum absolute atomic E-state index is 13.3. The van der Waals surface area contributed by atoms with E-state index in [4.69, 9.17) is 9.84 Å². The van der Waals surface area contributed by atoms with Gasteiger partial charge in [-0.25, -0.2) is 13.6 Å². The van der Waals surface area contributed by atoms with Gasteiger partial charge in [-0.15, -0.1) is 0 Å². The first-order chi connectivity index (χ1) is 7.57. The zero-order valence-electron chi connectivity index (χ0n) is 8.74. The van der Waals surface area contributed by atoms with Crippen molar-refractivity contribution in [1.29, 1.82) is 0 Å². The Hall–Kier alpha value is -1.49. The summed E-state index contributed by atoms with van der Waals surface area (Å²) in [6.07, 6.45) is -1.03. The number of carboxylic acid groups (broad SMARTS) is 1. The van der Waals surface area contributed by atoms with Crippen molar-refractivity contribution in [2.75, 3.05) is 6.61 Å². The highest BCUT2D eigenvalue weighted by molar-refractivity contribution is 5.74. The van der Waals surface area contributed by atoms with Crippen LogP contribution in [0, 0.1) is 11.6 Å². The predicted molar refractivity (Wildman–Crippen MR) is 53.0 cm³/mol. The van der Waals surface area contributed by atoms with Gasteiger partial charge < -0.3 is 9.84 Å². The molecule has 0 aliphatic rings. The highest BCUT2D eigenvalue weighted by Gasteiger charge is 2.27. The molecule has 0 saturated heterocycles. The summed E-state index contributed by atoms with van der Waals surface area (Å²) in [7, 11) is 0. The fourth-order valence-electron chi connectivity index (χ4n) is 1.27. The normalized spacial score (nSPS) is 12.4. The Bertz CT molecular complexity index is 359. The predicted octanol–water partition coefficient (Wildman–Crippen LogP) is 2.52. The Morgan fingerprint density at radius 2 is 2.00 bits per heavy atom. The maximum atomic E-state index is 13.3. The molecule has 0 saturated carbocycles. The molecule has 1 unspecified atom stereocenters. The largest absolute Gasteiger partial charge is 0.479 e. The molecule has 0 spiro atoms. The molecular weight excluding hydrogens is 218 g/mol. The zero-order chi connectivity index (χ0) is 12.1. The van der Waals surface area contributed by atoms with Gasteiger partial charge in [-0.3, -0.25) is 0 Å². The average molecular weight is 230 g/mol. The monoisotopic (exact) mass is 230 g/mol. The van der Waals surface area contributed by atoms with Crippen molar-refractivity contribution in [2.24, 2.45) is 0 Å². The summed E-state index contributed by atoms with van der Waals surface area (Å²) < 4.78 is 31.5. The molecule has 3 nitrogen and oxygen atoms in total. The Morgan fingerprint density at radius 1 is 1.44 bits per heavy atom. The molecule has 1 N–H and O–H groups in total. The van der Waals surface area contributed by atoms with E-state index < -0.39 is 29.3 Å². The number of carboxylic acids is 1. The van der Waals surface area contributed by atoms with Crippen LogP contribution in [-0.2, 0) is 9.53 Å². The van der Waals surface area contributed by atoms with E-state index in [9.17, 15) is 13.6 Å². The van der Waals surface area contributed by atoms with Crippen molar-refractivity contribution >= 4 is 5.97 Å².